The molecule has 4 heterocycles. The number of fused-ring (bicyclic) bond motifs is 1. The van der Waals surface area contributed by atoms with Crippen molar-refractivity contribution in [3.8, 4) is 0 Å². The monoisotopic (exact) mass is 392 g/mol. The highest BCUT2D eigenvalue weighted by atomic mass is 32.1. The topological polar surface area (TPSA) is 102 Å². The molecule has 4 rings (SSSR count). The summed E-state index contributed by atoms with van der Waals surface area (Å²) in [5, 5.41) is 13.4. The van der Waals surface area contributed by atoms with Crippen molar-refractivity contribution in [2.45, 2.75) is 13.0 Å². The fourth-order valence-corrected chi connectivity index (χ4v) is 4.23. The van der Waals surface area contributed by atoms with Gasteiger partial charge in [-0.05, 0) is 6.92 Å². The van der Waals surface area contributed by atoms with E-state index < -0.39 is 5.91 Å². The van der Waals surface area contributed by atoms with E-state index in [4.69, 9.17) is 4.74 Å². The van der Waals surface area contributed by atoms with E-state index in [9.17, 15) is 9.59 Å². The maximum Gasteiger partial charge on any atom is 0.271 e. The lowest BCUT2D eigenvalue weighted by Crippen LogP contribution is -2.48. The van der Waals surface area contributed by atoms with Gasteiger partial charge in [0.1, 0.15) is 11.1 Å². The SMILES string of the molecule is Cc1csc2ncc(C(=O)NC[C@H]3CN(c4nncs4)CCO3)c(=O)n12. The fraction of sp³-hybridized carbons (Fsp3) is 0.400. The number of aryl methyl sites for hydroxylation is 1. The third-order valence-corrected chi connectivity index (χ3v) is 5.82. The summed E-state index contributed by atoms with van der Waals surface area (Å²) in [5.74, 6) is -0.445. The lowest BCUT2D eigenvalue weighted by molar-refractivity contribution is 0.0396. The number of hydrogen-bond donors (Lipinski definition) is 1. The second-order valence-electron chi connectivity index (χ2n) is 5.84. The highest BCUT2D eigenvalue weighted by Gasteiger charge is 2.24. The molecule has 1 atom stereocenters. The van der Waals surface area contributed by atoms with Crippen LogP contribution >= 0.6 is 22.7 Å². The number of morpholine rings is 1. The standard InChI is InChI=1S/C15H16N6O3S2/c1-9-7-25-14-17-5-11(13(23)21(9)14)12(22)16-4-10-6-20(2-3-24-10)15-19-18-8-26-15/h5,7-8,10H,2-4,6H2,1H3,(H,16,22)/t10-/m0/s1. The Labute approximate surface area is 156 Å². The molecule has 0 aromatic carbocycles. The van der Waals surface area contributed by atoms with E-state index in [1.54, 1.807) is 5.51 Å². The van der Waals surface area contributed by atoms with Gasteiger partial charge >= 0.3 is 0 Å². The molecule has 11 heteroatoms. The maximum atomic E-state index is 12.5. The maximum absolute atomic E-state index is 12.5. The molecule has 0 saturated carbocycles. The minimum absolute atomic E-state index is 0.0285. The average molecular weight is 392 g/mol. The van der Waals surface area contributed by atoms with Gasteiger partial charge in [-0.3, -0.25) is 14.0 Å². The van der Waals surface area contributed by atoms with E-state index >= 15 is 0 Å². The summed E-state index contributed by atoms with van der Waals surface area (Å²) in [6.45, 7) is 4.00. The molecule has 3 aromatic heterocycles. The van der Waals surface area contributed by atoms with Crippen LogP contribution in [-0.4, -0.2) is 57.8 Å². The summed E-state index contributed by atoms with van der Waals surface area (Å²) in [7, 11) is 0. The van der Waals surface area contributed by atoms with Gasteiger partial charge in [0.25, 0.3) is 11.5 Å². The van der Waals surface area contributed by atoms with Crippen molar-refractivity contribution in [3.63, 3.8) is 0 Å². The first-order valence-corrected chi connectivity index (χ1v) is 9.76. The number of carbonyl (C=O) groups is 1. The van der Waals surface area contributed by atoms with Gasteiger partial charge in [0.15, 0.2) is 4.96 Å². The zero-order valence-electron chi connectivity index (χ0n) is 13.9. The Morgan fingerprint density at radius 1 is 1.46 bits per heavy atom. The van der Waals surface area contributed by atoms with Crippen LogP contribution < -0.4 is 15.8 Å². The average Bonchev–Trinajstić information content (AvgIpc) is 3.31. The molecule has 3 aromatic rings. The lowest BCUT2D eigenvalue weighted by Gasteiger charge is -2.32. The van der Waals surface area contributed by atoms with Crippen LogP contribution in [0.1, 0.15) is 16.1 Å². The van der Waals surface area contributed by atoms with Crippen molar-refractivity contribution >= 4 is 38.7 Å². The summed E-state index contributed by atoms with van der Waals surface area (Å²) in [4.78, 5) is 31.8. The zero-order chi connectivity index (χ0) is 18.1. The Bertz CT molecular complexity index is 983. The minimum Gasteiger partial charge on any atom is -0.373 e. The second-order valence-corrected chi connectivity index (χ2v) is 7.49. The predicted octanol–water partition coefficient (Wildman–Crippen LogP) is 0.551. The molecule has 1 N–H and O–H groups in total. The number of nitrogens with one attached hydrogen (secondary N) is 1. The first kappa shape index (κ1) is 17.1. The Hall–Kier alpha value is -2.37. The van der Waals surface area contributed by atoms with Gasteiger partial charge in [0, 0.05) is 36.9 Å². The largest absolute Gasteiger partial charge is 0.373 e. The molecule has 136 valence electrons. The molecule has 1 amide bonds. The van der Waals surface area contributed by atoms with Crippen molar-refractivity contribution in [2.24, 2.45) is 0 Å². The fourth-order valence-electron chi connectivity index (χ4n) is 2.80. The first-order valence-electron chi connectivity index (χ1n) is 8.00. The molecule has 26 heavy (non-hydrogen) atoms. The number of aromatic nitrogens is 4. The van der Waals surface area contributed by atoms with Gasteiger partial charge < -0.3 is 15.0 Å². The van der Waals surface area contributed by atoms with Crippen LogP contribution in [0.3, 0.4) is 0 Å². The number of anilines is 1. The third-order valence-electron chi connectivity index (χ3n) is 4.11. The van der Waals surface area contributed by atoms with Crippen LogP contribution in [0.2, 0.25) is 0 Å². The zero-order valence-corrected chi connectivity index (χ0v) is 15.5. The molecule has 0 spiro atoms. The smallest absolute Gasteiger partial charge is 0.271 e. The van der Waals surface area contributed by atoms with Crippen LogP contribution in [0.5, 0.6) is 0 Å². The predicted molar refractivity (Wildman–Crippen MR) is 98.3 cm³/mol. The lowest BCUT2D eigenvalue weighted by atomic mass is 10.2. The van der Waals surface area contributed by atoms with Crippen LogP contribution in [0.25, 0.3) is 4.96 Å². The summed E-state index contributed by atoms with van der Waals surface area (Å²) < 4.78 is 7.15. The Morgan fingerprint density at radius 2 is 2.35 bits per heavy atom. The van der Waals surface area contributed by atoms with Crippen molar-refractivity contribution in [1.82, 2.24) is 24.9 Å². The van der Waals surface area contributed by atoms with Crippen molar-refractivity contribution < 1.29 is 9.53 Å². The van der Waals surface area contributed by atoms with E-state index in [0.717, 1.165) is 17.4 Å². The molecular formula is C15H16N6O3S2. The van der Waals surface area contributed by atoms with E-state index in [1.165, 1.54) is 33.3 Å². The van der Waals surface area contributed by atoms with E-state index in [1.807, 2.05) is 12.3 Å². The summed E-state index contributed by atoms with van der Waals surface area (Å²) in [6.07, 6.45) is 1.15. The van der Waals surface area contributed by atoms with Gasteiger partial charge in [0.05, 0.1) is 12.7 Å². The number of amides is 1. The molecule has 0 bridgehead atoms. The van der Waals surface area contributed by atoms with Gasteiger partial charge in [0.2, 0.25) is 5.13 Å². The van der Waals surface area contributed by atoms with Gasteiger partial charge in [-0.2, -0.15) is 0 Å². The molecular weight excluding hydrogens is 376 g/mol. The van der Waals surface area contributed by atoms with Crippen molar-refractivity contribution in [2.75, 3.05) is 31.1 Å². The summed E-state index contributed by atoms with van der Waals surface area (Å²) >= 11 is 2.84. The first-order chi connectivity index (χ1) is 12.6. The number of nitrogens with zero attached hydrogens (tertiary/aromatic N) is 5. The van der Waals surface area contributed by atoms with E-state index in [2.05, 4.69) is 25.4 Å². The van der Waals surface area contributed by atoms with Gasteiger partial charge in [-0.25, -0.2) is 4.98 Å². The summed E-state index contributed by atoms with van der Waals surface area (Å²) in [6, 6.07) is 0. The highest BCUT2D eigenvalue weighted by molar-refractivity contribution is 7.15. The van der Waals surface area contributed by atoms with Gasteiger partial charge in [-0.1, -0.05) is 11.3 Å². The van der Waals surface area contributed by atoms with Crippen molar-refractivity contribution in [1.29, 1.82) is 0 Å². The molecule has 0 radical (unpaired) electrons. The van der Waals surface area contributed by atoms with Crippen LogP contribution in [-0.2, 0) is 4.74 Å². The Kier molecular flexibility index (Phi) is 4.66. The number of ether oxygens (including phenoxy) is 1. The normalized spacial score (nSPS) is 17.6. The molecule has 0 aliphatic carbocycles. The van der Waals surface area contributed by atoms with E-state index in [0.29, 0.717) is 24.7 Å². The Morgan fingerprint density at radius 3 is 3.15 bits per heavy atom. The molecule has 1 aliphatic rings. The highest BCUT2D eigenvalue weighted by Crippen LogP contribution is 2.18. The molecule has 1 saturated heterocycles. The summed E-state index contributed by atoms with van der Waals surface area (Å²) in [5.41, 5.74) is 2.12. The quantitative estimate of drug-likeness (QED) is 0.692. The third kappa shape index (κ3) is 3.20. The number of rotatable bonds is 4. The van der Waals surface area contributed by atoms with Crippen LogP contribution in [0, 0.1) is 6.92 Å². The molecule has 9 nitrogen and oxygen atoms in total. The number of thiazole rings is 1. The number of carbonyl (C=O) groups excluding carboxylic acids is 1. The second kappa shape index (κ2) is 7.09. The van der Waals surface area contributed by atoms with Crippen molar-refractivity contribution in [3.05, 3.63) is 38.7 Å². The Balaban J connectivity index is 1.43. The molecule has 1 fully saturated rings. The van der Waals surface area contributed by atoms with Crippen LogP contribution in [0.4, 0.5) is 5.13 Å². The molecule has 1 aliphatic heterocycles. The molecule has 0 unspecified atom stereocenters. The minimum atomic E-state index is -0.445. The van der Waals surface area contributed by atoms with Crippen LogP contribution in [0.15, 0.2) is 21.9 Å². The van der Waals surface area contributed by atoms with Gasteiger partial charge in [-0.15, -0.1) is 21.5 Å². The number of hydrogen-bond acceptors (Lipinski definition) is 9. The van der Waals surface area contributed by atoms with E-state index in [-0.39, 0.29) is 17.2 Å².